The Morgan fingerprint density at radius 2 is 2.22 bits per heavy atom. The zero-order valence-corrected chi connectivity index (χ0v) is 6.22. The average Bonchev–Trinajstić information content (AvgIpc) is 1.83. The molecule has 0 aliphatic rings. The predicted molar refractivity (Wildman–Crippen MR) is 38.4 cm³/mol. The molecule has 0 aliphatic carbocycles. The van der Waals surface area contributed by atoms with E-state index in [0.29, 0.717) is 6.54 Å². The molecule has 9 heavy (non-hydrogen) atoms. The van der Waals surface area contributed by atoms with Crippen LogP contribution in [-0.4, -0.2) is 18.4 Å². The Balaban J connectivity index is 3.43. The maximum atomic E-state index is 5.25. The highest BCUT2D eigenvalue weighted by atomic mass is 16.6. The van der Waals surface area contributed by atoms with Crippen molar-refractivity contribution in [2.24, 2.45) is 10.9 Å². The molecule has 0 amide bonds. The third-order valence-corrected chi connectivity index (χ3v) is 0.715. The number of hydrogen-bond donors (Lipinski definition) is 1. The van der Waals surface area contributed by atoms with Crippen LogP contribution in [0.1, 0.15) is 20.8 Å². The maximum Gasteiger partial charge on any atom is 0.122 e. The van der Waals surface area contributed by atoms with Crippen molar-refractivity contribution in [1.29, 1.82) is 0 Å². The van der Waals surface area contributed by atoms with Gasteiger partial charge in [0.1, 0.15) is 6.10 Å². The Bertz CT molecular complexity index is 99.2. The van der Waals surface area contributed by atoms with E-state index in [0.717, 1.165) is 5.71 Å². The lowest BCUT2D eigenvalue weighted by atomic mass is 10.4. The third kappa shape index (κ3) is 5.30. The average molecular weight is 130 g/mol. The predicted octanol–water partition coefficient (Wildman–Crippen LogP) is 0.746. The van der Waals surface area contributed by atoms with Crippen LogP contribution in [0.25, 0.3) is 0 Å². The van der Waals surface area contributed by atoms with Crippen LogP contribution in [0.4, 0.5) is 0 Å². The first-order chi connectivity index (χ1) is 4.16. The van der Waals surface area contributed by atoms with Crippen molar-refractivity contribution in [1.82, 2.24) is 0 Å². The SMILES string of the molecule is CC(CN)=NOC(C)C. The number of hydrogen-bond acceptors (Lipinski definition) is 3. The second-order valence-corrected chi connectivity index (χ2v) is 2.18. The van der Waals surface area contributed by atoms with E-state index in [4.69, 9.17) is 10.6 Å². The Morgan fingerprint density at radius 1 is 1.67 bits per heavy atom. The van der Waals surface area contributed by atoms with Gasteiger partial charge in [0, 0.05) is 6.54 Å². The van der Waals surface area contributed by atoms with Crippen molar-refractivity contribution in [2.45, 2.75) is 26.9 Å². The van der Waals surface area contributed by atoms with Gasteiger partial charge in [0.25, 0.3) is 0 Å². The van der Waals surface area contributed by atoms with E-state index in [1.807, 2.05) is 20.8 Å². The molecule has 0 unspecified atom stereocenters. The first kappa shape index (κ1) is 8.43. The van der Waals surface area contributed by atoms with Gasteiger partial charge in [-0.15, -0.1) is 0 Å². The zero-order chi connectivity index (χ0) is 7.28. The highest BCUT2D eigenvalue weighted by molar-refractivity contribution is 5.83. The van der Waals surface area contributed by atoms with Crippen LogP contribution in [0, 0.1) is 0 Å². The molecule has 0 fully saturated rings. The summed E-state index contributed by atoms with van der Waals surface area (Å²) in [4.78, 5) is 4.90. The summed E-state index contributed by atoms with van der Waals surface area (Å²) in [6, 6.07) is 0. The Kier molecular flexibility index (Phi) is 4.05. The van der Waals surface area contributed by atoms with Gasteiger partial charge in [-0.05, 0) is 20.8 Å². The standard InChI is InChI=1S/C6H14N2O/c1-5(2)9-8-6(3)4-7/h5H,4,7H2,1-3H3. The summed E-state index contributed by atoms with van der Waals surface area (Å²) in [6.45, 7) is 6.15. The summed E-state index contributed by atoms with van der Waals surface area (Å²) >= 11 is 0. The van der Waals surface area contributed by atoms with Gasteiger partial charge in [-0.1, -0.05) is 5.16 Å². The van der Waals surface area contributed by atoms with Gasteiger partial charge < -0.3 is 10.6 Å². The van der Waals surface area contributed by atoms with Gasteiger partial charge in [0.05, 0.1) is 5.71 Å². The minimum atomic E-state index is 0.145. The van der Waals surface area contributed by atoms with Crippen molar-refractivity contribution in [3.05, 3.63) is 0 Å². The van der Waals surface area contributed by atoms with Crippen LogP contribution >= 0.6 is 0 Å². The number of rotatable bonds is 3. The third-order valence-electron chi connectivity index (χ3n) is 0.715. The van der Waals surface area contributed by atoms with Gasteiger partial charge in [-0.25, -0.2) is 0 Å². The highest BCUT2D eigenvalue weighted by Crippen LogP contribution is 1.87. The van der Waals surface area contributed by atoms with Crippen LogP contribution in [-0.2, 0) is 4.84 Å². The Labute approximate surface area is 55.9 Å². The fourth-order valence-corrected chi connectivity index (χ4v) is 0.233. The molecule has 0 bridgehead atoms. The van der Waals surface area contributed by atoms with Crippen LogP contribution in [0.3, 0.4) is 0 Å². The fourth-order valence-electron chi connectivity index (χ4n) is 0.233. The first-order valence-electron chi connectivity index (χ1n) is 3.06. The van der Waals surface area contributed by atoms with Crippen molar-refractivity contribution >= 4 is 5.71 Å². The summed E-state index contributed by atoms with van der Waals surface area (Å²) in [5.41, 5.74) is 6.07. The van der Waals surface area contributed by atoms with E-state index in [1.165, 1.54) is 0 Å². The quantitative estimate of drug-likeness (QED) is 0.452. The summed E-state index contributed by atoms with van der Waals surface area (Å²) < 4.78 is 0. The van der Waals surface area contributed by atoms with E-state index in [2.05, 4.69) is 5.16 Å². The van der Waals surface area contributed by atoms with E-state index in [1.54, 1.807) is 0 Å². The smallest absolute Gasteiger partial charge is 0.122 e. The monoisotopic (exact) mass is 130 g/mol. The fraction of sp³-hybridized carbons (Fsp3) is 0.833. The molecule has 0 saturated carbocycles. The van der Waals surface area contributed by atoms with Gasteiger partial charge in [-0.3, -0.25) is 0 Å². The molecule has 0 radical (unpaired) electrons. The molecule has 0 aromatic carbocycles. The molecule has 3 heteroatoms. The lowest BCUT2D eigenvalue weighted by molar-refractivity contribution is 0.0856. The molecular formula is C6H14N2O. The Morgan fingerprint density at radius 3 is 2.56 bits per heavy atom. The highest BCUT2D eigenvalue weighted by Gasteiger charge is 1.89. The topological polar surface area (TPSA) is 47.6 Å². The normalized spacial score (nSPS) is 12.3. The molecule has 54 valence electrons. The summed E-state index contributed by atoms with van der Waals surface area (Å²) in [7, 11) is 0. The number of nitrogens with zero attached hydrogens (tertiary/aromatic N) is 1. The molecule has 0 aromatic heterocycles. The zero-order valence-electron chi connectivity index (χ0n) is 6.22. The molecule has 0 heterocycles. The van der Waals surface area contributed by atoms with Crippen LogP contribution in [0.15, 0.2) is 5.16 Å². The molecule has 0 atom stereocenters. The van der Waals surface area contributed by atoms with Crippen molar-refractivity contribution in [2.75, 3.05) is 6.54 Å². The van der Waals surface area contributed by atoms with E-state index >= 15 is 0 Å². The molecule has 0 spiro atoms. The number of oxime groups is 1. The second-order valence-electron chi connectivity index (χ2n) is 2.18. The van der Waals surface area contributed by atoms with Crippen molar-refractivity contribution < 1.29 is 4.84 Å². The molecule has 0 aromatic rings. The molecular weight excluding hydrogens is 116 g/mol. The number of nitrogens with two attached hydrogens (primary N) is 1. The van der Waals surface area contributed by atoms with Gasteiger partial charge in [0.2, 0.25) is 0 Å². The van der Waals surface area contributed by atoms with Gasteiger partial charge in [0.15, 0.2) is 0 Å². The molecule has 3 nitrogen and oxygen atoms in total. The molecule has 0 aliphatic heterocycles. The van der Waals surface area contributed by atoms with Gasteiger partial charge in [-0.2, -0.15) is 0 Å². The maximum absolute atomic E-state index is 5.25. The van der Waals surface area contributed by atoms with Gasteiger partial charge >= 0.3 is 0 Å². The minimum absolute atomic E-state index is 0.145. The molecule has 0 saturated heterocycles. The minimum Gasteiger partial charge on any atom is -0.393 e. The van der Waals surface area contributed by atoms with Crippen LogP contribution in [0.2, 0.25) is 0 Å². The van der Waals surface area contributed by atoms with Crippen molar-refractivity contribution in [3.8, 4) is 0 Å². The van der Waals surface area contributed by atoms with E-state index < -0.39 is 0 Å². The van der Waals surface area contributed by atoms with Crippen LogP contribution < -0.4 is 5.73 Å². The summed E-state index contributed by atoms with van der Waals surface area (Å²) in [5, 5.41) is 3.73. The second kappa shape index (κ2) is 4.32. The largest absolute Gasteiger partial charge is 0.393 e. The molecule has 2 N–H and O–H groups in total. The first-order valence-corrected chi connectivity index (χ1v) is 3.06. The lowest BCUT2D eigenvalue weighted by Gasteiger charge is -2.01. The Hall–Kier alpha value is -0.570. The van der Waals surface area contributed by atoms with E-state index in [9.17, 15) is 0 Å². The van der Waals surface area contributed by atoms with Crippen LogP contribution in [0.5, 0.6) is 0 Å². The lowest BCUT2D eigenvalue weighted by Crippen LogP contribution is -2.11. The molecule has 0 rings (SSSR count). The van der Waals surface area contributed by atoms with E-state index in [-0.39, 0.29) is 6.10 Å². The van der Waals surface area contributed by atoms with Crippen molar-refractivity contribution in [3.63, 3.8) is 0 Å². The summed E-state index contributed by atoms with van der Waals surface area (Å²) in [5.74, 6) is 0. The summed E-state index contributed by atoms with van der Waals surface area (Å²) in [6.07, 6.45) is 0.145.